The summed E-state index contributed by atoms with van der Waals surface area (Å²) in [4.78, 5) is 37.3. The number of benzene rings is 2. The summed E-state index contributed by atoms with van der Waals surface area (Å²) in [6, 6.07) is 16.1. The Morgan fingerprint density at radius 3 is 2.56 bits per heavy atom. The number of amides is 1. The summed E-state index contributed by atoms with van der Waals surface area (Å²) >= 11 is 0. The summed E-state index contributed by atoms with van der Waals surface area (Å²) in [5.74, 6) is -0.404. The van der Waals surface area contributed by atoms with Gasteiger partial charge in [0.1, 0.15) is 5.69 Å². The van der Waals surface area contributed by atoms with E-state index in [0.29, 0.717) is 29.9 Å². The molecule has 1 amide bonds. The van der Waals surface area contributed by atoms with Crippen LogP contribution in [0.15, 0.2) is 65.5 Å². The van der Waals surface area contributed by atoms with E-state index in [1.807, 2.05) is 6.07 Å². The number of hydrogen-bond donors (Lipinski definition) is 0. The molecule has 0 spiro atoms. The van der Waals surface area contributed by atoms with Crippen molar-refractivity contribution in [2.45, 2.75) is 6.42 Å². The third-order valence-corrected chi connectivity index (χ3v) is 4.46. The Morgan fingerprint density at radius 1 is 1.04 bits per heavy atom. The van der Waals surface area contributed by atoms with Crippen molar-refractivity contribution in [3.05, 3.63) is 92.4 Å². The normalized spacial score (nSPS) is 12.7. The highest BCUT2D eigenvalue weighted by atomic mass is 16.6. The maximum Gasteiger partial charge on any atom is 0.278 e. The molecule has 134 valence electrons. The van der Waals surface area contributed by atoms with Gasteiger partial charge in [0.15, 0.2) is 0 Å². The quantitative estimate of drug-likeness (QED) is 0.526. The van der Waals surface area contributed by atoms with Gasteiger partial charge < -0.3 is 4.90 Å². The Kier molecular flexibility index (Phi) is 4.00. The third-order valence-electron chi connectivity index (χ3n) is 4.46. The van der Waals surface area contributed by atoms with Crippen molar-refractivity contribution < 1.29 is 9.72 Å². The minimum atomic E-state index is -0.444. The van der Waals surface area contributed by atoms with Gasteiger partial charge in [-0.3, -0.25) is 19.7 Å². The fourth-order valence-corrected chi connectivity index (χ4v) is 3.22. The molecule has 8 nitrogen and oxygen atoms in total. The van der Waals surface area contributed by atoms with Crippen molar-refractivity contribution in [2.75, 3.05) is 11.4 Å². The minimum Gasteiger partial charge on any atom is -0.306 e. The molecule has 4 rings (SSSR count). The van der Waals surface area contributed by atoms with Crippen LogP contribution in [0.25, 0.3) is 5.69 Å². The average molecular weight is 362 g/mol. The molecule has 3 aromatic rings. The summed E-state index contributed by atoms with van der Waals surface area (Å²) in [6.45, 7) is 0.325. The lowest BCUT2D eigenvalue weighted by Crippen LogP contribution is -2.32. The molecule has 1 aliphatic rings. The summed E-state index contributed by atoms with van der Waals surface area (Å²) in [5.41, 5.74) is 1.34. The fraction of sp³-hybridized carbons (Fsp3) is 0.105. The number of nitrogens with zero attached hydrogens (tertiary/aromatic N) is 4. The number of carbonyl (C=O) groups excluding carboxylic acids is 1. The van der Waals surface area contributed by atoms with E-state index in [0.717, 1.165) is 4.68 Å². The monoisotopic (exact) mass is 362 g/mol. The Morgan fingerprint density at radius 2 is 1.81 bits per heavy atom. The predicted molar refractivity (Wildman–Crippen MR) is 98.3 cm³/mol. The molecule has 0 atom stereocenters. The van der Waals surface area contributed by atoms with Gasteiger partial charge in [0.05, 0.1) is 21.9 Å². The van der Waals surface area contributed by atoms with Crippen LogP contribution in [-0.2, 0) is 6.42 Å². The molecule has 27 heavy (non-hydrogen) atoms. The molecule has 0 saturated carbocycles. The lowest BCUT2D eigenvalue weighted by molar-refractivity contribution is -0.385. The Hall–Kier alpha value is -3.81. The first-order valence-electron chi connectivity index (χ1n) is 8.30. The summed E-state index contributed by atoms with van der Waals surface area (Å²) < 4.78 is 1.16. The van der Waals surface area contributed by atoms with Gasteiger partial charge in [-0.25, -0.2) is 0 Å². The zero-order chi connectivity index (χ0) is 19.0. The number of hydrogen-bond acceptors (Lipinski definition) is 5. The van der Waals surface area contributed by atoms with Crippen molar-refractivity contribution in [1.82, 2.24) is 9.78 Å². The zero-order valence-corrected chi connectivity index (χ0v) is 14.1. The second kappa shape index (κ2) is 6.49. The number of fused-ring (bicyclic) bond motifs is 1. The largest absolute Gasteiger partial charge is 0.306 e. The van der Waals surface area contributed by atoms with Crippen LogP contribution in [0.1, 0.15) is 16.1 Å². The van der Waals surface area contributed by atoms with Crippen molar-refractivity contribution in [3.8, 4) is 5.69 Å². The maximum atomic E-state index is 13.0. The van der Waals surface area contributed by atoms with E-state index in [9.17, 15) is 19.7 Å². The van der Waals surface area contributed by atoms with Gasteiger partial charge in [-0.1, -0.05) is 24.3 Å². The highest BCUT2D eigenvalue weighted by Gasteiger charge is 2.31. The van der Waals surface area contributed by atoms with Crippen LogP contribution in [-0.4, -0.2) is 27.2 Å². The smallest absolute Gasteiger partial charge is 0.278 e. The molecule has 2 heterocycles. The molecular weight excluding hydrogens is 348 g/mol. The first kappa shape index (κ1) is 16.6. The average Bonchev–Trinajstić information content (AvgIpc) is 3.12. The van der Waals surface area contributed by atoms with Gasteiger partial charge >= 0.3 is 0 Å². The topological polar surface area (TPSA) is 98.3 Å². The Bertz CT molecular complexity index is 1110. The molecule has 1 aliphatic heterocycles. The molecule has 1 aromatic heterocycles. The van der Waals surface area contributed by atoms with E-state index >= 15 is 0 Å². The van der Waals surface area contributed by atoms with E-state index in [4.69, 9.17) is 0 Å². The molecule has 0 bridgehead atoms. The van der Waals surface area contributed by atoms with Crippen molar-refractivity contribution in [2.24, 2.45) is 0 Å². The van der Waals surface area contributed by atoms with Crippen LogP contribution in [0.4, 0.5) is 11.4 Å². The minimum absolute atomic E-state index is 0.00464. The van der Waals surface area contributed by atoms with Crippen LogP contribution in [0.5, 0.6) is 0 Å². The van der Waals surface area contributed by atoms with E-state index in [1.54, 1.807) is 36.4 Å². The number of nitro benzene ring substituents is 1. The van der Waals surface area contributed by atoms with E-state index in [1.165, 1.54) is 23.1 Å². The van der Waals surface area contributed by atoms with E-state index in [2.05, 4.69) is 5.10 Å². The molecule has 8 heteroatoms. The molecule has 0 fully saturated rings. The van der Waals surface area contributed by atoms with Crippen LogP contribution < -0.4 is 10.5 Å². The van der Waals surface area contributed by atoms with Gasteiger partial charge in [-0.15, -0.1) is 0 Å². The van der Waals surface area contributed by atoms with Gasteiger partial charge in [-0.2, -0.15) is 9.78 Å². The number of para-hydroxylation sites is 1. The van der Waals surface area contributed by atoms with Crippen LogP contribution in [0, 0.1) is 10.1 Å². The van der Waals surface area contributed by atoms with E-state index < -0.39 is 10.8 Å². The number of nitro groups is 1. The van der Waals surface area contributed by atoms with Crippen molar-refractivity contribution in [1.29, 1.82) is 0 Å². The summed E-state index contributed by atoms with van der Waals surface area (Å²) in [7, 11) is 0. The van der Waals surface area contributed by atoms with Crippen LogP contribution >= 0.6 is 0 Å². The third kappa shape index (κ3) is 2.86. The molecule has 0 aliphatic carbocycles. The highest BCUT2D eigenvalue weighted by molar-refractivity contribution is 6.06. The zero-order valence-electron chi connectivity index (χ0n) is 14.1. The fourth-order valence-electron chi connectivity index (χ4n) is 3.22. The Balaban J connectivity index is 1.73. The van der Waals surface area contributed by atoms with Gasteiger partial charge in [0.2, 0.25) is 0 Å². The SMILES string of the molecule is O=C(c1ccc(=O)n(-c2ccccc2)n1)N1CCc2c1cccc2[N+](=O)[O-]. The second-order valence-electron chi connectivity index (χ2n) is 6.04. The first-order chi connectivity index (χ1) is 13.1. The number of rotatable bonds is 3. The second-order valence-corrected chi connectivity index (χ2v) is 6.04. The predicted octanol–water partition coefficient (Wildman–Crippen LogP) is 2.34. The Labute approximate surface area is 153 Å². The standard InChI is InChI=1S/C19H14N4O4/c24-18-10-9-15(20-22(18)13-5-2-1-3-6-13)19(25)21-12-11-14-16(21)7-4-8-17(14)23(26)27/h1-10H,11-12H2. The van der Waals surface area contributed by atoms with Crippen LogP contribution in [0.2, 0.25) is 0 Å². The number of aromatic nitrogens is 2. The lowest BCUT2D eigenvalue weighted by atomic mass is 10.1. The molecule has 0 saturated heterocycles. The number of anilines is 1. The molecule has 0 radical (unpaired) electrons. The first-order valence-corrected chi connectivity index (χ1v) is 8.30. The number of carbonyl (C=O) groups is 1. The molecule has 0 unspecified atom stereocenters. The lowest BCUT2D eigenvalue weighted by Gasteiger charge is -2.17. The van der Waals surface area contributed by atoms with Crippen molar-refractivity contribution >= 4 is 17.3 Å². The maximum absolute atomic E-state index is 13.0. The van der Waals surface area contributed by atoms with Crippen LogP contribution in [0.3, 0.4) is 0 Å². The summed E-state index contributed by atoms with van der Waals surface area (Å²) in [6.07, 6.45) is 0.399. The molecule has 2 aromatic carbocycles. The van der Waals surface area contributed by atoms with Crippen molar-refractivity contribution in [3.63, 3.8) is 0 Å². The molecular formula is C19H14N4O4. The highest BCUT2D eigenvalue weighted by Crippen LogP contribution is 2.35. The van der Waals surface area contributed by atoms with Gasteiger partial charge in [0, 0.05) is 18.7 Å². The van der Waals surface area contributed by atoms with Gasteiger partial charge in [0.25, 0.3) is 17.2 Å². The van der Waals surface area contributed by atoms with E-state index in [-0.39, 0.29) is 16.9 Å². The van der Waals surface area contributed by atoms with Gasteiger partial charge in [-0.05, 0) is 30.7 Å². The molecule has 0 N–H and O–H groups in total. The summed E-state index contributed by atoms with van der Waals surface area (Å²) in [5, 5.41) is 15.4.